The minimum atomic E-state index is -2.63. The van der Waals surface area contributed by atoms with Crippen molar-refractivity contribution in [2.24, 2.45) is 0 Å². The van der Waals surface area contributed by atoms with Gasteiger partial charge in [-0.05, 0) is 0 Å². The Hall–Kier alpha value is -0.220. The van der Waals surface area contributed by atoms with Crippen LogP contribution in [-0.4, -0.2) is 22.9 Å². The molecule has 0 unspecified atom stereocenters. The van der Waals surface area contributed by atoms with E-state index >= 15 is 0 Å². The van der Waals surface area contributed by atoms with Crippen LogP contribution >= 0.6 is 0 Å². The second-order valence-electron chi connectivity index (χ2n) is 1.11. The Labute approximate surface area is 39.4 Å². The highest BCUT2D eigenvalue weighted by atomic mass is 19.3. The quantitative estimate of drug-likeness (QED) is 0.492. The molecule has 0 aliphatic carbocycles. The van der Waals surface area contributed by atoms with Crippen molar-refractivity contribution in [1.82, 2.24) is 0 Å². The lowest BCUT2D eigenvalue weighted by molar-refractivity contribution is -0.0764. The van der Waals surface area contributed by atoms with Crippen LogP contribution in [0.3, 0.4) is 0 Å². The molecule has 0 spiro atoms. The molecule has 2 nitrogen and oxygen atoms in total. The molecule has 0 heterocycles. The molecule has 7 heavy (non-hydrogen) atoms. The lowest BCUT2D eigenvalue weighted by Crippen LogP contribution is -2.08. The zero-order valence-corrected chi connectivity index (χ0v) is 3.51. The Morgan fingerprint density at radius 3 is 1.71 bits per heavy atom. The fraction of sp³-hybridized carbons (Fsp3) is 1.00. The highest BCUT2D eigenvalue weighted by molar-refractivity contribution is 4.38. The SMILES string of the molecule is OC(O)CC(F)F. The van der Waals surface area contributed by atoms with Crippen molar-refractivity contribution in [1.29, 1.82) is 0 Å². The Bertz CT molecular complexity index is 40.2. The van der Waals surface area contributed by atoms with Crippen LogP contribution in [0.1, 0.15) is 6.42 Å². The van der Waals surface area contributed by atoms with E-state index in [1.54, 1.807) is 0 Å². The van der Waals surface area contributed by atoms with Gasteiger partial charge in [-0.2, -0.15) is 0 Å². The van der Waals surface area contributed by atoms with Crippen LogP contribution in [0.4, 0.5) is 8.78 Å². The molecule has 0 fully saturated rings. The first kappa shape index (κ1) is 6.78. The average Bonchev–Trinajstić information content (AvgIpc) is 1.27. The van der Waals surface area contributed by atoms with Crippen molar-refractivity contribution < 1.29 is 19.0 Å². The summed E-state index contributed by atoms with van der Waals surface area (Å²) in [6.07, 6.45) is -5.36. The third kappa shape index (κ3) is 5.78. The fourth-order valence-electron chi connectivity index (χ4n) is 0.159. The summed E-state index contributed by atoms with van der Waals surface area (Å²) in [7, 11) is 0. The maximum absolute atomic E-state index is 11.0. The van der Waals surface area contributed by atoms with Crippen LogP contribution in [0.5, 0.6) is 0 Å². The summed E-state index contributed by atoms with van der Waals surface area (Å²) in [4.78, 5) is 0. The molecule has 0 radical (unpaired) electrons. The predicted octanol–water partition coefficient (Wildman–Crippen LogP) is -0.0477. The van der Waals surface area contributed by atoms with Crippen LogP contribution in [0, 0.1) is 0 Å². The van der Waals surface area contributed by atoms with Gasteiger partial charge in [0, 0.05) is 0 Å². The number of rotatable bonds is 2. The standard InChI is InChI=1S/C3H6F2O2/c4-2(5)1-3(6)7/h2-3,6-7H,1H2. The molecule has 44 valence electrons. The molecule has 0 aromatic carbocycles. The van der Waals surface area contributed by atoms with E-state index in [1.807, 2.05) is 0 Å². The Morgan fingerprint density at radius 2 is 1.71 bits per heavy atom. The molecule has 0 aromatic rings. The number of aliphatic hydroxyl groups is 2. The van der Waals surface area contributed by atoms with Crippen LogP contribution < -0.4 is 0 Å². The molecule has 0 aromatic heterocycles. The number of aliphatic hydroxyl groups excluding tert-OH is 1. The molecule has 0 aliphatic rings. The second-order valence-corrected chi connectivity index (χ2v) is 1.11. The maximum Gasteiger partial charge on any atom is 0.243 e. The van der Waals surface area contributed by atoms with E-state index in [9.17, 15) is 8.78 Å². The third-order valence-electron chi connectivity index (χ3n) is 0.389. The largest absolute Gasteiger partial charge is 0.368 e. The van der Waals surface area contributed by atoms with E-state index in [0.717, 1.165) is 0 Å². The lowest BCUT2D eigenvalue weighted by Gasteiger charge is -1.98. The maximum atomic E-state index is 11.0. The summed E-state index contributed by atoms with van der Waals surface area (Å²) in [5.41, 5.74) is 0. The smallest absolute Gasteiger partial charge is 0.243 e. The van der Waals surface area contributed by atoms with Gasteiger partial charge in [-0.3, -0.25) is 0 Å². The van der Waals surface area contributed by atoms with Gasteiger partial charge >= 0.3 is 0 Å². The van der Waals surface area contributed by atoms with Gasteiger partial charge in [-0.1, -0.05) is 0 Å². The highest BCUT2D eigenvalue weighted by Gasteiger charge is 2.06. The molecule has 0 saturated carbocycles. The summed E-state index contributed by atoms with van der Waals surface area (Å²) in [5, 5.41) is 15.6. The van der Waals surface area contributed by atoms with Gasteiger partial charge in [0.1, 0.15) is 0 Å². The van der Waals surface area contributed by atoms with Crippen molar-refractivity contribution in [2.45, 2.75) is 19.1 Å². The Morgan fingerprint density at radius 1 is 1.29 bits per heavy atom. The first-order chi connectivity index (χ1) is 3.13. The van der Waals surface area contributed by atoms with Crippen LogP contribution in [-0.2, 0) is 0 Å². The van der Waals surface area contributed by atoms with E-state index in [1.165, 1.54) is 0 Å². The number of hydrogen-bond donors (Lipinski definition) is 2. The van der Waals surface area contributed by atoms with Gasteiger partial charge in [0.15, 0.2) is 6.29 Å². The molecule has 0 saturated heterocycles. The van der Waals surface area contributed by atoms with E-state index in [-0.39, 0.29) is 0 Å². The topological polar surface area (TPSA) is 40.5 Å². The summed E-state index contributed by atoms with van der Waals surface area (Å²) >= 11 is 0. The average molecular weight is 112 g/mol. The monoisotopic (exact) mass is 112 g/mol. The molecule has 2 N–H and O–H groups in total. The van der Waals surface area contributed by atoms with Crippen molar-refractivity contribution in [3.8, 4) is 0 Å². The molecule has 0 aliphatic heterocycles. The van der Waals surface area contributed by atoms with Crippen molar-refractivity contribution in [3.05, 3.63) is 0 Å². The third-order valence-corrected chi connectivity index (χ3v) is 0.389. The first-order valence-corrected chi connectivity index (χ1v) is 1.77. The summed E-state index contributed by atoms with van der Waals surface area (Å²) in [5.74, 6) is 0. The minimum absolute atomic E-state index is 0.861. The highest BCUT2D eigenvalue weighted by Crippen LogP contribution is 1.99. The van der Waals surface area contributed by atoms with Crippen molar-refractivity contribution in [2.75, 3.05) is 0 Å². The zero-order chi connectivity index (χ0) is 5.86. The van der Waals surface area contributed by atoms with E-state index < -0.39 is 19.1 Å². The van der Waals surface area contributed by atoms with Crippen LogP contribution in [0.25, 0.3) is 0 Å². The van der Waals surface area contributed by atoms with E-state index in [2.05, 4.69) is 0 Å². The van der Waals surface area contributed by atoms with Gasteiger partial charge in [0.05, 0.1) is 6.42 Å². The molecular formula is C3H6F2O2. The Kier molecular flexibility index (Phi) is 2.78. The molecule has 0 rings (SSSR count). The first-order valence-electron chi connectivity index (χ1n) is 1.77. The van der Waals surface area contributed by atoms with Gasteiger partial charge in [0.25, 0.3) is 0 Å². The van der Waals surface area contributed by atoms with E-state index in [4.69, 9.17) is 10.2 Å². The van der Waals surface area contributed by atoms with E-state index in [0.29, 0.717) is 0 Å². The molecule has 0 amide bonds. The van der Waals surface area contributed by atoms with Crippen LogP contribution in [0.2, 0.25) is 0 Å². The molecule has 0 bridgehead atoms. The van der Waals surface area contributed by atoms with Crippen molar-refractivity contribution >= 4 is 0 Å². The normalized spacial score (nSPS) is 11.1. The molecule has 4 heteroatoms. The van der Waals surface area contributed by atoms with Gasteiger partial charge in [-0.15, -0.1) is 0 Å². The minimum Gasteiger partial charge on any atom is -0.368 e. The van der Waals surface area contributed by atoms with Gasteiger partial charge < -0.3 is 10.2 Å². The van der Waals surface area contributed by atoms with Crippen molar-refractivity contribution in [3.63, 3.8) is 0 Å². The van der Waals surface area contributed by atoms with Gasteiger partial charge in [-0.25, -0.2) is 8.78 Å². The summed E-state index contributed by atoms with van der Waals surface area (Å²) in [6, 6.07) is 0. The summed E-state index contributed by atoms with van der Waals surface area (Å²) < 4.78 is 21.9. The lowest BCUT2D eigenvalue weighted by atomic mass is 10.4. The Balaban J connectivity index is 2.95. The summed E-state index contributed by atoms with van der Waals surface area (Å²) in [6.45, 7) is 0. The fourth-order valence-corrected chi connectivity index (χ4v) is 0.159. The predicted molar refractivity (Wildman–Crippen MR) is 18.8 cm³/mol. The van der Waals surface area contributed by atoms with Crippen LogP contribution in [0.15, 0.2) is 0 Å². The molecule has 0 atom stereocenters. The molecular weight excluding hydrogens is 106 g/mol. The van der Waals surface area contributed by atoms with Gasteiger partial charge in [0.2, 0.25) is 6.43 Å². The number of hydrogen-bond acceptors (Lipinski definition) is 2. The number of halogens is 2. The zero-order valence-electron chi connectivity index (χ0n) is 3.51. The number of alkyl halides is 2. The second kappa shape index (κ2) is 2.87.